The van der Waals surface area contributed by atoms with E-state index in [-0.39, 0.29) is 43.8 Å². The monoisotopic (exact) mass is 611 g/mol. The van der Waals surface area contributed by atoms with Crippen LogP contribution in [-0.2, 0) is 39.0 Å². The molecule has 7 nitrogen and oxygen atoms in total. The van der Waals surface area contributed by atoms with Gasteiger partial charge in [-0.05, 0) is 61.1 Å². The van der Waals surface area contributed by atoms with Crippen LogP contribution in [0.3, 0.4) is 0 Å². The average Bonchev–Trinajstić information content (AvgIpc) is 2.97. The molecular weight excluding hydrogens is 570 g/mol. The lowest BCUT2D eigenvalue weighted by Crippen LogP contribution is -2.52. The Balaban J connectivity index is 1.89. The van der Waals surface area contributed by atoms with Gasteiger partial charge in [0.1, 0.15) is 6.04 Å². The van der Waals surface area contributed by atoms with Crippen LogP contribution in [0.4, 0.5) is 5.69 Å². The Morgan fingerprint density at radius 2 is 1.55 bits per heavy atom. The maximum atomic E-state index is 13.9. The highest BCUT2D eigenvalue weighted by molar-refractivity contribution is 7.92. The summed E-state index contributed by atoms with van der Waals surface area (Å²) in [5, 5.41) is 3.57. The van der Waals surface area contributed by atoms with Crippen LogP contribution in [0.15, 0.2) is 78.9 Å². The molecule has 0 aliphatic heterocycles. The minimum Gasteiger partial charge on any atom is -0.352 e. The minimum atomic E-state index is -3.57. The van der Waals surface area contributed by atoms with E-state index in [1.54, 1.807) is 23.1 Å². The molecule has 0 aliphatic carbocycles. The van der Waals surface area contributed by atoms with Gasteiger partial charge in [-0.1, -0.05) is 86.1 Å². The van der Waals surface area contributed by atoms with Gasteiger partial charge in [0.15, 0.2) is 0 Å². The van der Waals surface area contributed by atoms with E-state index in [0.717, 1.165) is 29.5 Å². The lowest BCUT2D eigenvalue weighted by Gasteiger charge is -2.33. The fourth-order valence-electron chi connectivity index (χ4n) is 4.71. The van der Waals surface area contributed by atoms with Crippen molar-refractivity contribution in [1.82, 2.24) is 10.2 Å². The molecule has 3 aromatic carbocycles. The predicted octanol–water partition coefficient (Wildman–Crippen LogP) is 6.00. The molecular formula is C33H42ClN3O4S. The Morgan fingerprint density at radius 3 is 2.14 bits per heavy atom. The van der Waals surface area contributed by atoms with Crippen LogP contribution >= 0.6 is 11.6 Å². The molecule has 0 bridgehead atoms. The molecule has 0 unspecified atom stereocenters. The Labute approximate surface area is 255 Å². The summed E-state index contributed by atoms with van der Waals surface area (Å²) >= 11 is 6.50. The number of halogens is 1. The molecule has 0 fully saturated rings. The van der Waals surface area contributed by atoms with Gasteiger partial charge in [0.25, 0.3) is 0 Å². The SMILES string of the molecule is CCc1ccc(N(CCCC(=O)N(Cc2ccccc2Cl)[C@@H](Cc2ccccc2)C(=O)N[C@H](C)CC)S(C)(=O)=O)cc1. The van der Waals surface area contributed by atoms with Crippen molar-refractivity contribution in [3.05, 3.63) is 101 Å². The number of amides is 2. The maximum absolute atomic E-state index is 13.9. The lowest BCUT2D eigenvalue weighted by atomic mass is 10.0. The van der Waals surface area contributed by atoms with Gasteiger partial charge in [-0.2, -0.15) is 0 Å². The summed E-state index contributed by atoms with van der Waals surface area (Å²) in [5.74, 6) is -0.479. The number of sulfonamides is 1. The van der Waals surface area contributed by atoms with Gasteiger partial charge >= 0.3 is 0 Å². The van der Waals surface area contributed by atoms with E-state index in [0.29, 0.717) is 17.1 Å². The van der Waals surface area contributed by atoms with Gasteiger partial charge in [0, 0.05) is 37.0 Å². The quantitative estimate of drug-likeness (QED) is 0.228. The van der Waals surface area contributed by atoms with E-state index in [1.165, 1.54) is 10.6 Å². The third-order valence-electron chi connectivity index (χ3n) is 7.36. The molecule has 1 N–H and O–H groups in total. The van der Waals surface area contributed by atoms with Crippen molar-refractivity contribution in [2.24, 2.45) is 0 Å². The summed E-state index contributed by atoms with van der Waals surface area (Å²) in [6.07, 6.45) is 3.45. The Morgan fingerprint density at radius 1 is 0.905 bits per heavy atom. The number of anilines is 1. The molecule has 9 heteroatoms. The molecule has 0 aliphatic rings. The molecule has 3 aromatic rings. The average molecular weight is 612 g/mol. The zero-order valence-electron chi connectivity index (χ0n) is 24.9. The van der Waals surface area contributed by atoms with E-state index in [4.69, 9.17) is 11.6 Å². The molecule has 0 aromatic heterocycles. The number of benzene rings is 3. The number of rotatable bonds is 15. The second-order valence-corrected chi connectivity index (χ2v) is 12.9. The van der Waals surface area contributed by atoms with Crippen LogP contribution < -0.4 is 9.62 Å². The lowest BCUT2D eigenvalue weighted by molar-refractivity contribution is -0.141. The topological polar surface area (TPSA) is 86.8 Å². The van der Waals surface area contributed by atoms with Crippen LogP contribution in [0.5, 0.6) is 0 Å². The van der Waals surface area contributed by atoms with Crippen LogP contribution in [0.25, 0.3) is 0 Å². The zero-order chi connectivity index (χ0) is 30.7. The first kappa shape index (κ1) is 33.1. The van der Waals surface area contributed by atoms with Gasteiger partial charge in [-0.3, -0.25) is 13.9 Å². The predicted molar refractivity (Wildman–Crippen MR) is 171 cm³/mol. The fraction of sp³-hybridized carbons (Fsp3) is 0.394. The largest absolute Gasteiger partial charge is 0.352 e. The second kappa shape index (κ2) is 15.8. The second-order valence-electron chi connectivity index (χ2n) is 10.6. The third-order valence-corrected chi connectivity index (χ3v) is 8.92. The summed E-state index contributed by atoms with van der Waals surface area (Å²) in [5.41, 5.74) is 3.33. The van der Waals surface area contributed by atoms with E-state index in [2.05, 4.69) is 5.32 Å². The summed E-state index contributed by atoms with van der Waals surface area (Å²) in [6.45, 7) is 6.26. The number of carbonyl (C=O) groups is 2. The fourth-order valence-corrected chi connectivity index (χ4v) is 5.87. The Bertz CT molecular complexity index is 1410. The Hall–Kier alpha value is -3.36. The Kier molecular flexibility index (Phi) is 12.4. The van der Waals surface area contributed by atoms with E-state index < -0.39 is 16.1 Å². The molecule has 3 rings (SSSR count). The molecule has 2 atom stereocenters. The van der Waals surface area contributed by atoms with Crippen LogP contribution in [0.2, 0.25) is 5.02 Å². The van der Waals surface area contributed by atoms with Crippen molar-refractivity contribution in [1.29, 1.82) is 0 Å². The number of hydrogen-bond acceptors (Lipinski definition) is 4. The van der Waals surface area contributed by atoms with Crippen molar-refractivity contribution in [3.63, 3.8) is 0 Å². The van der Waals surface area contributed by atoms with Crippen LogP contribution in [-0.4, -0.2) is 50.0 Å². The standard InChI is InChI=1S/C33H42ClN3O4S/c1-5-25(3)35-33(39)31(23-27-13-8-7-9-14-27)36(24-28-15-10-11-16-30(28)34)32(38)17-12-22-37(42(4,40)41)29-20-18-26(6-2)19-21-29/h7-11,13-16,18-21,25,31H,5-6,12,17,22-24H2,1-4H3,(H,35,39)/t25-,31+/m1/s1. The highest BCUT2D eigenvalue weighted by atomic mass is 35.5. The van der Waals surface area contributed by atoms with Crippen molar-refractivity contribution in [2.75, 3.05) is 17.1 Å². The van der Waals surface area contributed by atoms with E-state index >= 15 is 0 Å². The molecule has 2 amide bonds. The van der Waals surface area contributed by atoms with Gasteiger partial charge < -0.3 is 10.2 Å². The molecule has 0 saturated carbocycles. The highest BCUT2D eigenvalue weighted by Crippen LogP contribution is 2.23. The van der Waals surface area contributed by atoms with E-state index in [1.807, 2.05) is 81.4 Å². The zero-order valence-corrected chi connectivity index (χ0v) is 26.5. The highest BCUT2D eigenvalue weighted by Gasteiger charge is 2.31. The summed E-state index contributed by atoms with van der Waals surface area (Å²) in [7, 11) is -3.57. The molecule has 0 radical (unpaired) electrons. The molecule has 0 spiro atoms. The van der Waals surface area contributed by atoms with Crippen LogP contribution in [0.1, 0.15) is 56.7 Å². The van der Waals surface area contributed by atoms with Gasteiger partial charge in [0.2, 0.25) is 21.8 Å². The number of nitrogens with zero attached hydrogens (tertiary/aromatic N) is 2. The van der Waals surface area contributed by atoms with Gasteiger partial charge in [-0.15, -0.1) is 0 Å². The smallest absolute Gasteiger partial charge is 0.243 e. The molecule has 0 saturated heterocycles. The number of nitrogens with one attached hydrogen (secondary N) is 1. The first-order valence-electron chi connectivity index (χ1n) is 14.5. The number of carbonyl (C=O) groups excluding carboxylic acids is 2. The normalized spacial score (nSPS) is 12.8. The van der Waals surface area contributed by atoms with Crippen molar-refractivity contribution in [2.45, 2.75) is 71.5 Å². The minimum absolute atomic E-state index is 0.0598. The van der Waals surface area contributed by atoms with Crippen molar-refractivity contribution >= 4 is 39.1 Å². The number of hydrogen-bond donors (Lipinski definition) is 1. The first-order chi connectivity index (χ1) is 20.0. The van der Waals surface area contributed by atoms with Crippen molar-refractivity contribution < 1.29 is 18.0 Å². The third kappa shape index (κ3) is 9.60. The van der Waals surface area contributed by atoms with E-state index in [9.17, 15) is 18.0 Å². The summed E-state index contributed by atoms with van der Waals surface area (Å²) in [6, 6.07) is 23.5. The molecule has 226 valence electrons. The van der Waals surface area contributed by atoms with Crippen LogP contribution in [0, 0.1) is 0 Å². The molecule has 42 heavy (non-hydrogen) atoms. The first-order valence-corrected chi connectivity index (χ1v) is 16.7. The van der Waals surface area contributed by atoms with Gasteiger partial charge in [-0.25, -0.2) is 8.42 Å². The van der Waals surface area contributed by atoms with Crippen molar-refractivity contribution in [3.8, 4) is 0 Å². The number of aryl methyl sites for hydroxylation is 1. The maximum Gasteiger partial charge on any atom is 0.243 e. The summed E-state index contributed by atoms with van der Waals surface area (Å²) in [4.78, 5) is 29.2. The summed E-state index contributed by atoms with van der Waals surface area (Å²) < 4.78 is 26.7. The molecule has 0 heterocycles. The van der Waals surface area contributed by atoms with Gasteiger partial charge in [0.05, 0.1) is 11.9 Å².